The highest BCUT2D eigenvalue weighted by Gasteiger charge is 2.60. The van der Waals surface area contributed by atoms with E-state index in [2.05, 4.69) is 39.8 Å². The lowest BCUT2D eigenvalue weighted by Crippen LogP contribution is -2.53. The van der Waals surface area contributed by atoms with Gasteiger partial charge in [-0.05, 0) is 100 Å². The molecule has 0 bridgehead atoms. The molecule has 7 atom stereocenters. The lowest BCUT2D eigenvalue weighted by molar-refractivity contribution is -0.138. The van der Waals surface area contributed by atoms with E-state index in [0.29, 0.717) is 28.4 Å². The van der Waals surface area contributed by atoms with Crippen molar-refractivity contribution in [3.63, 3.8) is 0 Å². The van der Waals surface area contributed by atoms with Crippen LogP contribution in [0, 0.1) is 40.4 Å². The number of ketones is 1. The average Bonchev–Trinajstić information content (AvgIpc) is 2.97. The van der Waals surface area contributed by atoms with Gasteiger partial charge in [0.1, 0.15) is 11.9 Å². The number of oxime groups is 1. The van der Waals surface area contributed by atoms with Crippen LogP contribution < -0.4 is 0 Å². The molecule has 0 amide bonds. The second-order valence-corrected chi connectivity index (χ2v) is 11.0. The van der Waals surface area contributed by atoms with E-state index in [1.165, 1.54) is 44.2 Å². The first-order chi connectivity index (χ1) is 12.8. The molecule has 0 aromatic carbocycles. The Hall–Kier alpha value is -0.860. The SMILES string of the molecule is C/C(=N\OC(C)C)[C@H]1CC[C@H]2[C@@H]3CC[C@H]4CC(=O)CC[C@]4(C)[C@H]3CC[C@]12C. The minimum Gasteiger partial charge on any atom is -0.393 e. The van der Waals surface area contributed by atoms with Gasteiger partial charge in [0.05, 0.1) is 5.71 Å². The van der Waals surface area contributed by atoms with Gasteiger partial charge in [0.15, 0.2) is 0 Å². The fraction of sp³-hybridized carbons (Fsp3) is 0.917. The highest BCUT2D eigenvalue weighted by molar-refractivity contribution is 5.85. The van der Waals surface area contributed by atoms with E-state index in [9.17, 15) is 4.79 Å². The van der Waals surface area contributed by atoms with Crippen LogP contribution in [0.25, 0.3) is 0 Å². The zero-order valence-electron chi connectivity index (χ0n) is 18.1. The lowest BCUT2D eigenvalue weighted by Gasteiger charge is -2.60. The molecule has 0 spiro atoms. The van der Waals surface area contributed by atoms with Crippen LogP contribution in [0.4, 0.5) is 0 Å². The quantitative estimate of drug-likeness (QED) is 0.448. The number of carbonyl (C=O) groups is 1. The number of hydrogen-bond acceptors (Lipinski definition) is 3. The molecule has 4 rings (SSSR count). The molecule has 4 aliphatic rings. The summed E-state index contributed by atoms with van der Waals surface area (Å²) in [5.41, 5.74) is 2.03. The van der Waals surface area contributed by atoms with Crippen molar-refractivity contribution in [1.29, 1.82) is 0 Å². The molecule has 4 saturated carbocycles. The molecule has 0 radical (unpaired) electrons. The molecule has 0 aromatic heterocycles. The second-order valence-electron chi connectivity index (χ2n) is 11.0. The monoisotopic (exact) mass is 373 g/mol. The van der Waals surface area contributed by atoms with Crippen molar-refractivity contribution in [3.8, 4) is 0 Å². The molecule has 0 saturated heterocycles. The van der Waals surface area contributed by atoms with Crippen LogP contribution in [-0.4, -0.2) is 17.6 Å². The summed E-state index contributed by atoms with van der Waals surface area (Å²) in [7, 11) is 0. The van der Waals surface area contributed by atoms with E-state index in [4.69, 9.17) is 4.84 Å². The van der Waals surface area contributed by atoms with Gasteiger partial charge in [-0.3, -0.25) is 4.79 Å². The molecule has 152 valence electrons. The van der Waals surface area contributed by atoms with Gasteiger partial charge in [0, 0.05) is 18.8 Å². The number of nitrogens with zero attached hydrogens (tertiary/aromatic N) is 1. The zero-order valence-corrected chi connectivity index (χ0v) is 18.1. The topological polar surface area (TPSA) is 38.7 Å². The Kier molecular flexibility index (Phi) is 4.96. The predicted octanol–water partition coefficient (Wildman–Crippen LogP) is 6.02. The maximum atomic E-state index is 12.1. The molecule has 0 aromatic rings. The molecule has 4 fully saturated rings. The molecular formula is C24H39NO2. The largest absolute Gasteiger partial charge is 0.393 e. The summed E-state index contributed by atoms with van der Waals surface area (Å²) in [6.07, 6.45) is 11.0. The molecular weight excluding hydrogens is 334 g/mol. The highest BCUT2D eigenvalue weighted by atomic mass is 16.6. The summed E-state index contributed by atoms with van der Waals surface area (Å²) in [6.45, 7) is 11.4. The zero-order chi connectivity index (χ0) is 19.4. The summed E-state index contributed by atoms with van der Waals surface area (Å²) in [5, 5.41) is 4.51. The van der Waals surface area contributed by atoms with Crippen molar-refractivity contribution in [2.75, 3.05) is 0 Å². The van der Waals surface area contributed by atoms with Gasteiger partial charge < -0.3 is 4.84 Å². The number of hydrogen-bond donors (Lipinski definition) is 0. The van der Waals surface area contributed by atoms with Crippen LogP contribution in [0.3, 0.4) is 0 Å². The first-order valence-electron chi connectivity index (χ1n) is 11.5. The van der Waals surface area contributed by atoms with E-state index >= 15 is 0 Å². The fourth-order valence-electron chi connectivity index (χ4n) is 7.98. The van der Waals surface area contributed by atoms with Gasteiger partial charge in [0.25, 0.3) is 0 Å². The molecule has 0 aliphatic heterocycles. The van der Waals surface area contributed by atoms with E-state index < -0.39 is 0 Å². The second kappa shape index (κ2) is 6.88. The van der Waals surface area contributed by atoms with Crippen LogP contribution in [-0.2, 0) is 9.63 Å². The molecule has 3 heteroatoms. The average molecular weight is 374 g/mol. The van der Waals surface area contributed by atoms with Gasteiger partial charge in [-0.15, -0.1) is 0 Å². The molecule has 0 unspecified atom stereocenters. The van der Waals surface area contributed by atoms with Crippen molar-refractivity contribution in [2.24, 2.45) is 45.6 Å². The van der Waals surface area contributed by atoms with Crippen LogP contribution >= 0.6 is 0 Å². The van der Waals surface area contributed by atoms with E-state index in [-0.39, 0.29) is 6.10 Å². The molecule has 0 N–H and O–H groups in total. The fourth-order valence-corrected chi connectivity index (χ4v) is 7.98. The first kappa shape index (κ1) is 19.5. The number of rotatable bonds is 3. The molecule has 4 aliphatic carbocycles. The van der Waals surface area contributed by atoms with E-state index in [1.807, 2.05) is 0 Å². The van der Waals surface area contributed by atoms with Crippen LogP contribution in [0.5, 0.6) is 0 Å². The summed E-state index contributed by atoms with van der Waals surface area (Å²) in [5.74, 6) is 4.30. The van der Waals surface area contributed by atoms with Crippen molar-refractivity contribution >= 4 is 11.5 Å². The van der Waals surface area contributed by atoms with E-state index in [0.717, 1.165) is 37.0 Å². The van der Waals surface area contributed by atoms with Crippen LogP contribution in [0.2, 0.25) is 0 Å². The Bertz CT molecular complexity index is 626. The third kappa shape index (κ3) is 3.08. The predicted molar refractivity (Wildman–Crippen MR) is 110 cm³/mol. The number of fused-ring (bicyclic) bond motifs is 5. The van der Waals surface area contributed by atoms with Gasteiger partial charge in [-0.1, -0.05) is 19.0 Å². The van der Waals surface area contributed by atoms with Crippen molar-refractivity contribution in [3.05, 3.63) is 0 Å². The minimum absolute atomic E-state index is 0.157. The Morgan fingerprint density at radius 3 is 2.52 bits per heavy atom. The summed E-state index contributed by atoms with van der Waals surface area (Å²) < 4.78 is 0. The third-order valence-electron chi connectivity index (χ3n) is 9.39. The number of carbonyl (C=O) groups excluding carboxylic acids is 1. The van der Waals surface area contributed by atoms with Crippen molar-refractivity contribution < 1.29 is 9.63 Å². The van der Waals surface area contributed by atoms with Gasteiger partial charge >= 0.3 is 0 Å². The van der Waals surface area contributed by atoms with Crippen molar-refractivity contribution in [2.45, 2.75) is 98.5 Å². The molecule has 3 nitrogen and oxygen atoms in total. The highest BCUT2D eigenvalue weighted by Crippen LogP contribution is 2.67. The normalized spacial score (nSPS) is 47.4. The maximum Gasteiger partial charge on any atom is 0.133 e. The third-order valence-corrected chi connectivity index (χ3v) is 9.39. The van der Waals surface area contributed by atoms with Crippen molar-refractivity contribution in [1.82, 2.24) is 0 Å². The van der Waals surface area contributed by atoms with Gasteiger partial charge in [0.2, 0.25) is 0 Å². The molecule has 27 heavy (non-hydrogen) atoms. The van der Waals surface area contributed by atoms with Crippen LogP contribution in [0.1, 0.15) is 92.4 Å². The lowest BCUT2D eigenvalue weighted by atomic mass is 9.44. The van der Waals surface area contributed by atoms with Gasteiger partial charge in [-0.2, -0.15) is 0 Å². The number of Topliss-reactive ketones (excluding diaryl/α,β-unsaturated/α-hetero) is 1. The van der Waals surface area contributed by atoms with Crippen LogP contribution in [0.15, 0.2) is 5.16 Å². The standard InChI is InChI=1S/C24H39NO2/c1-15(2)27-25-16(3)20-8-9-21-19-7-6-17-14-18(26)10-12-23(17,4)22(19)11-13-24(20,21)5/h15,17,19-22H,6-14H2,1-5H3/b25-16+/t17-,19-,20+,21-,22-,23-,24+/m0/s1. The summed E-state index contributed by atoms with van der Waals surface area (Å²) in [4.78, 5) is 17.7. The summed E-state index contributed by atoms with van der Waals surface area (Å²) >= 11 is 0. The van der Waals surface area contributed by atoms with E-state index in [1.54, 1.807) is 0 Å². The maximum absolute atomic E-state index is 12.1. The minimum atomic E-state index is 0.157. The molecule has 0 heterocycles. The Balaban J connectivity index is 1.55. The Morgan fingerprint density at radius 2 is 1.78 bits per heavy atom. The smallest absolute Gasteiger partial charge is 0.133 e. The summed E-state index contributed by atoms with van der Waals surface area (Å²) in [6, 6.07) is 0. The Morgan fingerprint density at radius 1 is 1.04 bits per heavy atom. The Labute approximate surface area is 165 Å². The van der Waals surface area contributed by atoms with Gasteiger partial charge in [-0.25, -0.2) is 0 Å². The first-order valence-corrected chi connectivity index (χ1v) is 11.5.